The highest BCUT2D eigenvalue weighted by molar-refractivity contribution is 5.81. The van der Waals surface area contributed by atoms with Gasteiger partial charge in [-0.1, -0.05) is 0 Å². The fraction of sp³-hybridized carbons (Fsp3) is 0.909. The predicted octanol–water partition coefficient (Wildman–Crippen LogP) is 1.22. The Morgan fingerprint density at radius 3 is 2.62 bits per heavy atom. The topological polar surface area (TPSA) is 37.3 Å². The van der Waals surface area contributed by atoms with Gasteiger partial charge in [-0.15, -0.1) is 0 Å². The van der Waals surface area contributed by atoms with Gasteiger partial charge in [-0.3, -0.25) is 4.79 Å². The lowest BCUT2D eigenvalue weighted by atomic mass is 9.34. The number of hydrogen-bond donors (Lipinski definition) is 1. The van der Waals surface area contributed by atoms with Gasteiger partial charge in [0.1, 0.15) is 0 Å². The van der Waals surface area contributed by atoms with E-state index in [1.54, 1.807) is 0 Å². The van der Waals surface area contributed by atoms with Crippen LogP contribution in [0.4, 0.5) is 0 Å². The molecule has 0 spiro atoms. The highest BCUT2D eigenvalue weighted by Gasteiger charge is 2.92. The first-order valence-electron chi connectivity index (χ1n) is 5.51. The summed E-state index contributed by atoms with van der Waals surface area (Å²) in [5.74, 6) is 5.02. The first kappa shape index (κ1) is 6.05. The zero-order valence-corrected chi connectivity index (χ0v) is 7.31. The lowest BCUT2D eigenvalue weighted by Crippen LogP contribution is -2.70. The Kier molecular flexibility index (Phi) is 0.591. The van der Waals surface area contributed by atoms with E-state index in [1.807, 2.05) is 0 Å². The standard InChI is InChI=1S/C11H12O2/c12-10(13)11-5-2-4-7-3(5)1-6(11)8(7)9(4)11/h3-9H,1-2H2,(H,12,13). The van der Waals surface area contributed by atoms with Gasteiger partial charge in [-0.2, -0.15) is 0 Å². The van der Waals surface area contributed by atoms with Crippen LogP contribution >= 0.6 is 0 Å². The number of carbonyl (C=O) groups is 1. The van der Waals surface area contributed by atoms with Gasteiger partial charge in [0.15, 0.2) is 0 Å². The number of rotatable bonds is 1. The number of carboxylic acids is 1. The normalized spacial score (nSPS) is 78.3. The molecule has 0 heterocycles. The van der Waals surface area contributed by atoms with Crippen LogP contribution in [0.1, 0.15) is 12.8 Å². The molecule has 6 aliphatic rings. The number of carboxylic acid groups (broad SMARTS) is 1. The summed E-state index contributed by atoms with van der Waals surface area (Å²) in [6.45, 7) is 0. The van der Waals surface area contributed by atoms with E-state index in [0.717, 1.165) is 23.7 Å². The highest BCUT2D eigenvalue weighted by Crippen LogP contribution is 2.93. The Labute approximate surface area is 76.3 Å². The minimum absolute atomic E-state index is 0.172. The van der Waals surface area contributed by atoms with Crippen molar-refractivity contribution in [3.8, 4) is 0 Å². The molecule has 1 N–H and O–H groups in total. The molecular weight excluding hydrogens is 164 g/mol. The van der Waals surface area contributed by atoms with Crippen molar-refractivity contribution < 1.29 is 9.90 Å². The van der Waals surface area contributed by atoms with E-state index in [2.05, 4.69) is 0 Å². The Hall–Kier alpha value is -0.530. The summed E-state index contributed by atoms with van der Waals surface area (Å²) < 4.78 is 0. The van der Waals surface area contributed by atoms with Gasteiger partial charge in [0, 0.05) is 0 Å². The number of aliphatic carboxylic acids is 1. The zero-order chi connectivity index (χ0) is 8.53. The van der Waals surface area contributed by atoms with Crippen LogP contribution in [-0.2, 0) is 4.79 Å². The summed E-state index contributed by atoms with van der Waals surface area (Å²) >= 11 is 0. The molecule has 2 heteroatoms. The van der Waals surface area contributed by atoms with Crippen LogP contribution in [0.5, 0.6) is 0 Å². The van der Waals surface area contributed by atoms with Crippen molar-refractivity contribution in [1.29, 1.82) is 0 Å². The predicted molar refractivity (Wildman–Crippen MR) is 43.7 cm³/mol. The van der Waals surface area contributed by atoms with Gasteiger partial charge in [0.05, 0.1) is 5.41 Å². The van der Waals surface area contributed by atoms with Gasteiger partial charge in [0.2, 0.25) is 0 Å². The maximum atomic E-state index is 11.4. The molecule has 0 aromatic heterocycles. The quantitative estimate of drug-likeness (QED) is 0.652. The molecule has 8 unspecified atom stereocenters. The van der Waals surface area contributed by atoms with Gasteiger partial charge in [-0.25, -0.2) is 0 Å². The van der Waals surface area contributed by atoms with Gasteiger partial charge in [0.25, 0.3) is 0 Å². The summed E-state index contributed by atoms with van der Waals surface area (Å²) in [5, 5.41) is 9.42. The molecule has 0 saturated heterocycles. The van der Waals surface area contributed by atoms with Crippen molar-refractivity contribution in [3.05, 3.63) is 0 Å². The summed E-state index contributed by atoms with van der Waals surface area (Å²) in [7, 11) is 0. The second kappa shape index (κ2) is 1.27. The van der Waals surface area contributed by atoms with E-state index in [0.29, 0.717) is 17.8 Å². The molecule has 0 aromatic rings. The third-order valence-corrected chi connectivity index (χ3v) is 6.49. The Morgan fingerprint density at radius 2 is 1.92 bits per heavy atom. The number of hydrogen-bond acceptors (Lipinski definition) is 1. The molecule has 6 fully saturated rings. The first-order valence-corrected chi connectivity index (χ1v) is 5.51. The average Bonchev–Trinajstić information content (AvgIpc) is 2.50. The smallest absolute Gasteiger partial charge is 0.310 e. The first-order chi connectivity index (χ1) is 6.28. The lowest BCUT2D eigenvalue weighted by molar-refractivity contribution is -0.245. The molecule has 8 atom stereocenters. The van der Waals surface area contributed by atoms with Crippen LogP contribution in [0.2, 0.25) is 0 Å². The van der Waals surface area contributed by atoms with Crippen molar-refractivity contribution in [2.45, 2.75) is 12.8 Å². The van der Waals surface area contributed by atoms with E-state index >= 15 is 0 Å². The molecule has 6 aliphatic carbocycles. The summed E-state index contributed by atoms with van der Waals surface area (Å²) in [6, 6.07) is 0. The van der Waals surface area contributed by atoms with E-state index < -0.39 is 5.97 Å². The fourth-order valence-corrected chi connectivity index (χ4v) is 6.68. The molecule has 2 nitrogen and oxygen atoms in total. The second-order valence-electron chi connectivity index (χ2n) is 5.93. The largest absolute Gasteiger partial charge is 0.481 e. The van der Waals surface area contributed by atoms with Crippen molar-refractivity contribution in [2.24, 2.45) is 46.8 Å². The molecule has 0 amide bonds. The minimum atomic E-state index is -0.438. The van der Waals surface area contributed by atoms with E-state index in [4.69, 9.17) is 0 Å². The van der Waals surface area contributed by atoms with Crippen molar-refractivity contribution in [3.63, 3.8) is 0 Å². The Balaban J connectivity index is 1.84. The van der Waals surface area contributed by atoms with Crippen molar-refractivity contribution in [2.75, 3.05) is 0 Å². The SMILES string of the molecule is O=C(O)C12C3CC4C5C3CC1C5C42. The molecule has 0 aromatic carbocycles. The second-order valence-corrected chi connectivity index (χ2v) is 5.93. The van der Waals surface area contributed by atoms with Crippen molar-refractivity contribution in [1.82, 2.24) is 0 Å². The lowest BCUT2D eigenvalue weighted by Gasteiger charge is -2.68. The third kappa shape index (κ3) is 0.291. The maximum absolute atomic E-state index is 11.4. The van der Waals surface area contributed by atoms with Crippen LogP contribution in [0.25, 0.3) is 0 Å². The van der Waals surface area contributed by atoms with Crippen LogP contribution in [-0.4, -0.2) is 11.1 Å². The zero-order valence-electron chi connectivity index (χ0n) is 7.31. The molecule has 13 heavy (non-hydrogen) atoms. The van der Waals surface area contributed by atoms with Gasteiger partial charge < -0.3 is 5.11 Å². The molecule has 6 saturated carbocycles. The van der Waals surface area contributed by atoms with Gasteiger partial charge >= 0.3 is 5.97 Å². The van der Waals surface area contributed by atoms with Crippen LogP contribution < -0.4 is 0 Å². The van der Waals surface area contributed by atoms with Crippen LogP contribution in [0.15, 0.2) is 0 Å². The Morgan fingerprint density at radius 1 is 1.15 bits per heavy atom. The maximum Gasteiger partial charge on any atom is 0.310 e. The van der Waals surface area contributed by atoms with Crippen LogP contribution in [0.3, 0.4) is 0 Å². The summed E-state index contributed by atoms with van der Waals surface area (Å²) in [6.07, 6.45) is 2.55. The molecular formula is C11H12O2. The molecule has 0 aliphatic heterocycles. The van der Waals surface area contributed by atoms with E-state index in [1.165, 1.54) is 12.8 Å². The van der Waals surface area contributed by atoms with E-state index in [9.17, 15) is 9.90 Å². The monoisotopic (exact) mass is 176 g/mol. The third-order valence-electron chi connectivity index (χ3n) is 6.49. The molecule has 0 radical (unpaired) electrons. The average molecular weight is 176 g/mol. The van der Waals surface area contributed by atoms with Crippen LogP contribution in [0, 0.1) is 46.8 Å². The molecule has 68 valence electrons. The van der Waals surface area contributed by atoms with E-state index in [-0.39, 0.29) is 5.41 Å². The molecule has 4 bridgehead atoms. The minimum Gasteiger partial charge on any atom is -0.481 e. The van der Waals surface area contributed by atoms with Gasteiger partial charge in [-0.05, 0) is 54.3 Å². The summed E-state index contributed by atoms with van der Waals surface area (Å²) in [4.78, 5) is 11.4. The summed E-state index contributed by atoms with van der Waals surface area (Å²) in [5.41, 5.74) is -0.172. The Bertz CT molecular complexity index is 348. The fourth-order valence-electron chi connectivity index (χ4n) is 6.68. The molecule has 6 rings (SSSR count). The highest BCUT2D eigenvalue weighted by atomic mass is 16.4. The van der Waals surface area contributed by atoms with Crippen molar-refractivity contribution >= 4 is 5.97 Å².